The van der Waals surface area contributed by atoms with Gasteiger partial charge in [0, 0.05) is 22.2 Å². The molecule has 3 rings (SSSR count). The monoisotopic (exact) mass is 302 g/mol. The molecule has 4 nitrogen and oxygen atoms in total. The molecular formula is C16H15ClN2O2. The van der Waals surface area contributed by atoms with Crippen molar-refractivity contribution in [1.82, 2.24) is 0 Å². The lowest BCUT2D eigenvalue weighted by atomic mass is 9.92. The van der Waals surface area contributed by atoms with Crippen LogP contribution in [0.15, 0.2) is 48.5 Å². The molecule has 0 amide bonds. The normalized spacial score (nSPS) is 17.4. The van der Waals surface area contributed by atoms with Gasteiger partial charge in [0.05, 0.1) is 0 Å². The molecule has 5 heteroatoms. The molecule has 0 radical (unpaired) electrons. The van der Waals surface area contributed by atoms with Crippen molar-refractivity contribution in [2.24, 2.45) is 0 Å². The molecular weight excluding hydrogens is 288 g/mol. The van der Waals surface area contributed by atoms with E-state index in [1.165, 1.54) is 5.56 Å². The lowest BCUT2D eigenvalue weighted by molar-refractivity contribution is -0.483. The first-order valence-corrected chi connectivity index (χ1v) is 7.25. The van der Waals surface area contributed by atoms with Gasteiger partial charge in [0.2, 0.25) is 6.54 Å². The number of nitro groups is 1. The first-order valence-electron chi connectivity index (χ1n) is 6.87. The lowest BCUT2D eigenvalue weighted by Crippen LogP contribution is -2.39. The van der Waals surface area contributed by atoms with Crippen LogP contribution in [-0.4, -0.2) is 18.0 Å². The van der Waals surface area contributed by atoms with Crippen LogP contribution in [0.4, 0.5) is 5.69 Å². The van der Waals surface area contributed by atoms with Crippen LogP contribution in [0.5, 0.6) is 0 Å². The van der Waals surface area contributed by atoms with Gasteiger partial charge in [-0.15, -0.1) is 0 Å². The molecule has 0 bridgehead atoms. The molecule has 0 N–H and O–H groups in total. The number of rotatable bonds is 3. The third-order valence-corrected chi connectivity index (χ3v) is 4.14. The number of nitrogens with zero attached hydrogens (tertiary/aromatic N) is 2. The van der Waals surface area contributed by atoms with Crippen LogP contribution in [0, 0.1) is 10.1 Å². The fraction of sp³-hybridized carbons (Fsp3) is 0.250. The third-order valence-electron chi connectivity index (χ3n) is 3.89. The standard InChI is InChI=1S/C16H15ClN2O2/c17-13-5-7-14(8-6-13)18-10-9-12-3-1-2-4-15(12)16(18)11-19(20)21/h1-8,16H,9-11H2. The van der Waals surface area contributed by atoms with Gasteiger partial charge >= 0.3 is 0 Å². The maximum Gasteiger partial charge on any atom is 0.228 e. The Labute approximate surface area is 128 Å². The van der Waals surface area contributed by atoms with Gasteiger partial charge in [-0.25, -0.2) is 0 Å². The quantitative estimate of drug-likeness (QED) is 0.641. The molecule has 1 aliphatic heterocycles. The van der Waals surface area contributed by atoms with E-state index in [0.29, 0.717) is 5.02 Å². The van der Waals surface area contributed by atoms with Gasteiger partial charge in [0.25, 0.3) is 0 Å². The smallest absolute Gasteiger partial charge is 0.228 e. The Kier molecular flexibility index (Phi) is 3.80. The number of fused-ring (bicyclic) bond motifs is 1. The van der Waals surface area contributed by atoms with E-state index in [1.807, 2.05) is 42.5 Å². The van der Waals surface area contributed by atoms with Crippen LogP contribution in [0.2, 0.25) is 5.02 Å². The first-order chi connectivity index (χ1) is 10.1. The molecule has 0 aliphatic carbocycles. The highest BCUT2D eigenvalue weighted by atomic mass is 35.5. The van der Waals surface area contributed by atoms with Crippen LogP contribution in [0.1, 0.15) is 17.2 Å². The summed E-state index contributed by atoms with van der Waals surface area (Å²) in [6.45, 7) is 0.677. The maximum atomic E-state index is 11.1. The van der Waals surface area contributed by atoms with Crippen molar-refractivity contribution in [2.45, 2.75) is 12.5 Å². The Morgan fingerprint density at radius 3 is 2.62 bits per heavy atom. The zero-order valence-corrected chi connectivity index (χ0v) is 12.2. The van der Waals surface area contributed by atoms with Crippen molar-refractivity contribution in [3.05, 3.63) is 74.8 Å². The van der Waals surface area contributed by atoms with Crippen LogP contribution in [-0.2, 0) is 6.42 Å². The Hall–Kier alpha value is -2.07. The molecule has 0 aromatic heterocycles. The summed E-state index contributed by atoms with van der Waals surface area (Å²) in [5.74, 6) is 0. The lowest BCUT2D eigenvalue weighted by Gasteiger charge is -2.37. The highest BCUT2D eigenvalue weighted by Crippen LogP contribution is 2.34. The van der Waals surface area contributed by atoms with Crippen molar-refractivity contribution in [3.8, 4) is 0 Å². The van der Waals surface area contributed by atoms with E-state index in [0.717, 1.165) is 24.2 Å². The minimum Gasteiger partial charge on any atom is -0.358 e. The van der Waals surface area contributed by atoms with Crippen LogP contribution in [0.25, 0.3) is 0 Å². The van der Waals surface area contributed by atoms with E-state index in [9.17, 15) is 10.1 Å². The second kappa shape index (κ2) is 5.74. The fourth-order valence-electron chi connectivity index (χ4n) is 2.93. The van der Waals surface area contributed by atoms with Gasteiger partial charge in [-0.2, -0.15) is 0 Å². The number of benzene rings is 2. The second-order valence-electron chi connectivity index (χ2n) is 5.15. The van der Waals surface area contributed by atoms with Crippen LogP contribution >= 0.6 is 11.6 Å². The summed E-state index contributed by atoms with van der Waals surface area (Å²) in [5, 5.41) is 11.7. The summed E-state index contributed by atoms with van der Waals surface area (Å²) in [6.07, 6.45) is 0.896. The third kappa shape index (κ3) is 2.85. The van der Waals surface area contributed by atoms with Crippen molar-refractivity contribution >= 4 is 17.3 Å². The van der Waals surface area contributed by atoms with Crippen molar-refractivity contribution in [3.63, 3.8) is 0 Å². The minimum atomic E-state index is -0.240. The van der Waals surface area contributed by atoms with Gasteiger partial charge < -0.3 is 4.90 Å². The topological polar surface area (TPSA) is 46.4 Å². The van der Waals surface area contributed by atoms with Crippen molar-refractivity contribution < 1.29 is 4.92 Å². The summed E-state index contributed by atoms with van der Waals surface area (Å²) in [4.78, 5) is 12.9. The molecule has 2 aromatic carbocycles. The number of hydrogen-bond donors (Lipinski definition) is 0. The number of hydrogen-bond acceptors (Lipinski definition) is 3. The van der Waals surface area contributed by atoms with Gasteiger partial charge in [0.15, 0.2) is 0 Å². The van der Waals surface area contributed by atoms with E-state index in [1.54, 1.807) is 0 Å². The molecule has 1 heterocycles. The highest BCUT2D eigenvalue weighted by Gasteiger charge is 2.31. The number of halogens is 1. The van der Waals surface area contributed by atoms with E-state index in [4.69, 9.17) is 11.6 Å². The molecule has 108 valence electrons. The summed E-state index contributed by atoms with van der Waals surface area (Å²) in [5.41, 5.74) is 3.23. The molecule has 0 saturated heterocycles. The Balaban J connectivity index is 2.00. The highest BCUT2D eigenvalue weighted by molar-refractivity contribution is 6.30. The van der Waals surface area contributed by atoms with Crippen LogP contribution < -0.4 is 4.90 Å². The first kappa shape index (κ1) is 13.9. The molecule has 1 aliphatic rings. The molecule has 0 fully saturated rings. The van der Waals surface area contributed by atoms with Gasteiger partial charge in [-0.3, -0.25) is 10.1 Å². The van der Waals surface area contributed by atoms with E-state index >= 15 is 0 Å². The molecule has 21 heavy (non-hydrogen) atoms. The van der Waals surface area contributed by atoms with Gasteiger partial charge in [-0.1, -0.05) is 35.9 Å². The maximum absolute atomic E-state index is 11.1. The summed E-state index contributed by atoms with van der Waals surface area (Å²) >= 11 is 5.93. The predicted molar refractivity (Wildman–Crippen MR) is 83.5 cm³/mol. The molecule has 0 spiro atoms. The average molecular weight is 303 g/mol. The summed E-state index contributed by atoms with van der Waals surface area (Å²) < 4.78 is 0. The number of anilines is 1. The second-order valence-corrected chi connectivity index (χ2v) is 5.59. The zero-order valence-electron chi connectivity index (χ0n) is 11.4. The SMILES string of the molecule is O=[N+]([O-])CC1c2ccccc2CCN1c1ccc(Cl)cc1. The molecule has 1 atom stereocenters. The van der Waals surface area contributed by atoms with Crippen molar-refractivity contribution in [2.75, 3.05) is 18.0 Å². The average Bonchev–Trinajstić information content (AvgIpc) is 2.48. The summed E-state index contributed by atoms with van der Waals surface area (Å²) in [6, 6.07) is 15.2. The predicted octanol–water partition coefficient (Wildman–Crippen LogP) is 3.72. The van der Waals surface area contributed by atoms with Gasteiger partial charge in [0.1, 0.15) is 6.04 Å². The van der Waals surface area contributed by atoms with Crippen LogP contribution in [0.3, 0.4) is 0 Å². The Morgan fingerprint density at radius 1 is 1.19 bits per heavy atom. The van der Waals surface area contributed by atoms with E-state index in [-0.39, 0.29) is 17.5 Å². The van der Waals surface area contributed by atoms with E-state index < -0.39 is 0 Å². The van der Waals surface area contributed by atoms with Gasteiger partial charge in [-0.05, 0) is 41.8 Å². The molecule has 1 unspecified atom stereocenters. The molecule has 2 aromatic rings. The Morgan fingerprint density at radius 2 is 1.90 bits per heavy atom. The fourth-order valence-corrected chi connectivity index (χ4v) is 3.06. The molecule has 0 saturated carbocycles. The van der Waals surface area contributed by atoms with Crippen molar-refractivity contribution in [1.29, 1.82) is 0 Å². The van der Waals surface area contributed by atoms with E-state index in [2.05, 4.69) is 11.0 Å². The Bertz CT molecular complexity index is 658. The zero-order chi connectivity index (χ0) is 14.8. The minimum absolute atomic E-state index is 0.0976. The largest absolute Gasteiger partial charge is 0.358 e. The summed E-state index contributed by atoms with van der Waals surface area (Å²) in [7, 11) is 0.